The second-order valence-electron chi connectivity index (χ2n) is 3.78. The van der Waals surface area contributed by atoms with Crippen LogP contribution in [0.25, 0.3) is 0 Å². The lowest BCUT2D eigenvalue weighted by Crippen LogP contribution is -2.36. The lowest BCUT2D eigenvalue weighted by atomic mass is 10.0. The van der Waals surface area contributed by atoms with Crippen LogP contribution < -0.4 is 0 Å². The van der Waals surface area contributed by atoms with Crippen LogP contribution in [0.4, 0.5) is 0 Å². The third-order valence-corrected chi connectivity index (χ3v) is 3.38. The molecular formula is C11H16N2O4S. The Labute approximate surface area is 110 Å². The van der Waals surface area contributed by atoms with Gasteiger partial charge in [0.1, 0.15) is 12.2 Å². The smallest absolute Gasteiger partial charge is 0.187 e. The molecule has 0 aromatic carbocycles. The highest BCUT2D eigenvalue weighted by atomic mass is 32.2. The fourth-order valence-electron chi connectivity index (χ4n) is 1.96. The van der Waals surface area contributed by atoms with E-state index in [0.29, 0.717) is 10.9 Å². The van der Waals surface area contributed by atoms with Crippen molar-refractivity contribution < 1.29 is 19.3 Å². The number of thioether (sulfide) groups is 1. The van der Waals surface area contributed by atoms with Gasteiger partial charge in [-0.05, 0) is 6.26 Å². The van der Waals surface area contributed by atoms with E-state index in [4.69, 9.17) is 14.2 Å². The first-order valence-electron chi connectivity index (χ1n) is 5.47. The lowest BCUT2D eigenvalue weighted by Gasteiger charge is -2.34. The van der Waals surface area contributed by atoms with E-state index in [1.165, 1.54) is 11.8 Å². The summed E-state index contributed by atoms with van der Waals surface area (Å²) in [6.45, 7) is -0.156. The molecule has 0 saturated heterocycles. The molecule has 1 aliphatic rings. The number of nitrogens with zero attached hydrogens (tertiary/aromatic N) is 2. The molecule has 0 radical (unpaired) electrons. The molecule has 0 spiro atoms. The first-order chi connectivity index (χ1) is 8.74. The zero-order valence-corrected chi connectivity index (χ0v) is 11.3. The van der Waals surface area contributed by atoms with Gasteiger partial charge in [0.25, 0.3) is 0 Å². The Morgan fingerprint density at radius 1 is 1.44 bits per heavy atom. The average molecular weight is 272 g/mol. The molecule has 7 heteroatoms. The Morgan fingerprint density at radius 3 is 2.78 bits per heavy atom. The molecule has 2 rings (SSSR count). The highest BCUT2D eigenvalue weighted by molar-refractivity contribution is 7.98. The van der Waals surface area contributed by atoms with Crippen molar-refractivity contribution >= 4 is 11.8 Å². The highest BCUT2D eigenvalue weighted by Crippen LogP contribution is 2.37. The second-order valence-corrected chi connectivity index (χ2v) is 4.55. The van der Waals surface area contributed by atoms with Crippen molar-refractivity contribution in [1.29, 1.82) is 0 Å². The van der Waals surface area contributed by atoms with Crippen molar-refractivity contribution in [1.82, 2.24) is 9.97 Å². The molecule has 1 aliphatic heterocycles. The van der Waals surface area contributed by atoms with Gasteiger partial charge in [0.15, 0.2) is 11.4 Å². The van der Waals surface area contributed by atoms with Gasteiger partial charge < -0.3 is 19.3 Å². The first-order valence-corrected chi connectivity index (χ1v) is 6.70. The molecule has 0 fully saturated rings. The molecule has 3 atom stereocenters. The van der Waals surface area contributed by atoms with Gasteiger partial charge >= 0.3 is 0 Å². The molecule has 1 aromatic rings. The summed E-state index contributed by atoms with van der Waals surface area (Å²) in [4.78, 5) is 8.64. The van der Waals surface area contributed by atoms with Crippen LogP contribution in [-0.4, -0.2) is 48.3 Å². The topological polar surface area (TPSA) is 73.7 Å². The summed E-state index contributed by atoms with van der Waals surface area (Å²) in [7, 11) is 3.10. The van der Waals surface area contributed by atoms with Crippen molar-refractivity contribution in [2.24, 2.45) is 0 Å². The number of aromatic nitrogens is 2. The number of aliphatic hydroxyl groups excluding tert-OH is 1. The number of rotatable bonds is 4. The van der Waals surface area contributed by atoms with Gasteiger partial charge in [0.2, 0.25) is 0 Å². The number of aliphatic hydroxyl groups is 1. The fourth-order valence-corrected chi connectivity index (χ4v) is 2.31. The van der Waals surface area contributed by atoms with Crippen molar-refractivity contribution in [3.05, 3.63) is 17.5 Å². The first kappa shape index (κ1) is 13.7. The zero-order chi connectivity index (χ0) is 13.1. The third-order valence-electron chi connectivity index (χ3n) is 2.82. The van der Waals surface area contributed by atoms with Gasteiger partial charge in [-0.2, -0.15) is 0 Å². The molecule has 0 aliphatic carbocycles. The van der Waals surface area contributed by atoms with Crippen LogP contribution in [-0.2, 0) is 14.2 Å². The second kappa shape index (κ2) is 5.94. The summed E-state index contributed by atoms with van der Waals surface area (Å²) in [6, 6.07) is 0. The number of methoxy groups -OCH3 is 2. The van der Waals surface area contributed by atoms with Crippen molar-refractivity contribution in [3.8, 4) is 0 Å². The molecule has 6 nitrogen and oxygen atoms in total. The molecule has 1 aromatic heterocycles. The standard InChI is InChI=1S/C11H16N2O4S/c1-15-9-7(5-14)17-10(16-2)6-4-12-11(18-3)13-8(6)9/h4,7,9-10,14H,5H2,1-3H3/t7-,9-,10+/m1/s1. The minimum atomic E-state index is -0.570. The molecule has 0 bridgehead atoms. The molecule has 100 valence electrons. The minimum absolute atomic E-state index is 0.156. The van der Waals surface area contributed by atoms with Gasteiger partial charge in [-0.15, -0.1) is 0 Å². The average Bonchev–Trinajstić information content (AvgIpc) is 2.44. The third kappa shape index (κ3) is 2.36. The summed E-state index contributed by atoms with van der Waals surface area (Å²) in [5.74, 6) is 0. The predicted octanol–water partition coefficient (Wildman–Crippen LogP) is 0.922. The van der Waals surface area contributed by atoms with Crippen molar-refractivity contribution in [2.75, 3.05) is 27.1 Å². The van der Waals surface area contributed by atoms with E-state index in [1.807, 2.05) is 6.26 Å². The number of fused-ring (bicyclic) bond motifs is 1. The Kier molecular flexibility index (Phi) is 4.52. The predicted molar refractivity (Wildman–Crippen MR) is 65.3 cm³/mol. The Hall–Kier alpha value is -0.730. The molecule has 2 heterocycles. The van der Waals surface area contributed by atoms with Crippen molar-refractivity contribution in [3.63, 3.8) is 0 Å². The molecule has 0 saturated carbocycles. The fraction of sp³-hybridized carbons (Fsp3) is 0.636. The summed E-state index contributed by atoms with van der Waals surface area (Å²) in [5, 5.41) is 10.0. The number of hydrogen-bond acceptors (Lipinski definition) is 7. The van der Waals surface area contributed by atoms with Crippen LogP contribution in [0.15, 0.2) is 11.4 Å². The molecule has 18 heavy (non-hydrogen) atoms. The number of hydrogen-bond donors (Lipinski definition) is 1. The van der Waals surface area contributed by atoms with Crippen LogP contribution >= 0.6 is 11.8 Å². The van der Waals surface area contributed by atoms with Gasteiger partial charge in [-0.1, -0.05) is 11.8 Å². The largest absolute Gasteiger partial charge is 0.394 e. The maximum Gasteiger partial charge on any atom is 0.187 e. The maximum absolute atomic E-state index is 9.35. The van der Waals surface area contributed by atoms with Gasteiger partial charge in [0, 0.05) is 20.4 Å². The summed E-state index contributed by atoms with van der Waals surface area (Å²) >= 11 is 1.45. The summed E-state index contributed by atoms with van der Waals surface area (Å²) < 4.78 is 16.2. The van der Waals surface area contributed by atoms with Gasteiger partial charge in [0.05, 0.1) is 17.9 Å². The van der Waals surface area contributed by atoms with E-state index in [2.05, 4.69) is 9.97 Å². The Balaban J connectivity index is 2.46. The molecular weight excluding hydrogens is 256 g/mol. The van der Waals surface area contributed by atoms with E-state index in [1.54, 1.807) is 20.4 Å². The van der Waals surface area contributed by atoms with Crippen LogP contribution in [0.1, 0.15) is 23.7 Å². The van der Waals surface area contributed by atoms with Gasteiger partial charge in [-0.25, -0.2) is 9.97 Å². The van der Waals surface area contributed by atoms with E-state index >= 15 is 0 Å². The lowest BCUT2D eigenvalue weighted by molar-refractivity contribution is -0.213. The minimum Gasteiger partial charge on any atom is -0.394 e. The Bertz CT molecular complexity index is 418. The van der Waals surface area contributed by atoms with Crippen LogP contribution in [0.5, 0.6) is 0 Å². The van der Waals surface area contributed by atoms with Crippen LogP contribution in [0.3, 0.4) is 0 Å². The Morgan fingerprint density at radius 2 is 2.22 bits per heavy atom. The van der Waals surface area contributed by atoms with E-state index < -0.39 is 18.5 Å². The quantitative estimate of drug-likeness (QED) is 0.645. The zero-order valence-electron chi connectivity index (χ0n) is 10.5. The van der Waals surface area contributed by atoms with Crippen LogP contribution in [0, 0.1) is 0 Å². The molecule has 0 amide bonds. The van der Waals surface area contributed by atoms with Gasteiger partial charge in [-0.3, -0.25) is 0 Å². The number of ether oxygens (including phenoxy) is 3. The molecule has 0 unspecified atom stereocenters. The maximum atomic E-state index is 9.35. The van der Waals surface area contributed by atoms with Crippen LogP contribution in [0.2, 0.25) is 0 Å². The highest BCUT2D eigenvalue weighted by Gasteiger charge is 2.37. The van der Waals surface area contributed by atoms with Crippen molar-refractivity contribution in [2.45, 2.75) is 23.7 Å². The molecule has 1 N–H and O–H groups in total. The SMILES string of the molecule is CO[C@H]1O[C@H](CO)[C@@H](OC)c2nc(SC)ncc21. The van der Waals surface area contributed by atoms with E-state index in [0.717, 1.165) is 5.56 Å². The monoisotopic (exact) mass is 272 g/mol. The summed E-state index contributed by atoms with van der Waals surface area (Å²) in [6.07, 6.45) is 2.11. The van der Waals surface area contributed by atoms with E-state index in [-0.39, 0.29) is 6.61 Å². The van der Waals surface area contributed by atoms with E-state index in [9.17, 15) is 5.11 Å². The summed E-state index contributed by atoms with van der Waals surface area (Å²) in [5.41, 5.74) is 1.46. The normalized spacial score (nSPS) is 27.0.